The second-order valence-corrected chi connectivity index (χ2v) is 8.50. The van der Waals surface area contributed by atoms with Crippen LogP contribution < -0.4 is 0 Å². The van der Waals surface area contributed by atoms with Crippen LogP contribution >= 0.6 is 0 Å². The molecule has 0 aliphatic rings. The molecule has 0 saturated carbocycles. The minimum Gasteiger partial charge on any atom is -0.481 e. The van der Waals surface area contributed by atoms with Gasteiger partial charge in [-0.25, -0.2) is 4.39 Å². The smallest absolute Gasteiger partial charge is 0.307 e. The fourth-order valence-electron chi connectivity index (χ4n) is 4.28. The Morgan fingerprint density at radius 2 is 1.70 bits per heavy atom. The van der Waals surface area contributed by atoms with Crippen molar-refractivity contribution in [3.63, 3.8) is 0 Å². The van der Waals surface area contributed by atoms with Gasteiger partial charge < -0.3 is 5.11 Å². The first kappa shape index (κ1) is 20.8. The minimum atomic E-state index is -0.862. The van der Waals surface area contributed by atoms with Gasteiger partial charge in [-0.15, -0.1) is 0 Å². The molecule has 6 heteroatoms. The third-order valence-corrected chi connectivity index (χ3v) is 5.85. The van der Waals surface area contributed by atoms with Crippen LogP contribution in [0.5, 0.6) is 0 Å². The van der Waals surface area contributed by atoms with E-state index in [-0.39, 0.29) is 18.2 Å². The first-order chi connectivity index (χ1) is 15.9. The van der Waals surface area contributed by atoms with Crippen LogP contribution in [0.1, 0.15) is 31.0 Å². The van der Waals surface area contributed by atoms with Gasteiger partial charge in [0.25, 0.3) is 0 Å². The number of aliphatic carboxylic acids is 1. The van der Waals surface area contributed by atoms with Gasteiger partial charge in [-0.2, -0.15) is 5.10 Å². The van der Waals surface area contributed by atoms with Crippen molar-refractivity contribution >= 4 is 27.6 Å². The van der Waals surface area contributed by atoms with E-state index in [1.807, 2.05) is 30.3 Å². The lowest BCUT2D eigenvalue weighted by molar-refractivity contribution is -0.136. The highest BCUT2D eigenvalue weighted by Crippen LogP contribution is 2.40. The maximum absolute atomic E-state index is 13.7. The number of carboxylic acid groups (broad SMARTS) is 1. The van der Waals surface area contributed by atoms with Crippen LogP contribution in [0.3, 0.4) is 0 Å². The number of hydrogen-bond donors (Lipinski definition) is 2. The van der Waals surface area contributed by atoms with Crippen molar-refractivity contribution in [3.8, 4) is 22.4 Å². The monoisotopic (exact) mass is 439 g/mol. The Labute approximate surface area is 189 Å². The number of hydrogen-bond acceptors (Lipinski definition) is 3. The van der Waals surface area contributed by atoms with Crippen LogP contribution in [0.2, 0.25) is 0 Å². The standard InChI is InChI=1S/C27H22FN3O2/c1-15(2)26-25(17-7-9-20(28)10-8-17)21-12-19-14-29-31-23(19)13-22(21)27(30-26)18-5-3-16(4-6-18)11-24(32)33/h3-10,12-15H,11H2,1-2H3,(H,29,31)(H,32,33). The lowest BCUT2D eigenvalue weighted by Crippen LogP contribution is -2.02. The fourth-order valence-corrected chi connectivity index (χ4v) is 4.28. The fraction of sp³-hybridized carbons (Fsp3) is 0.148. The molecule has 5 aromatic rings. The van der Waals surface area contributed by atoms with Crippen molar-refractivity contribution in [1.82, 2.24) is 15.2 Å². The maximum Gasteiger partial charge on any atom is 0.307 e. The molecule has 0 amide bonds. The van der Waals surface area contributed by atoms with Gasteiger partial charge in [-0.05, 0) is 46.7 Å². The highest BCUT2D eigenvalue weighted by atomic mass is 19.1. The summed E-state index contributed by atoms with van der Waals surface area (Å²) in [5, 5.41) is 19.2. The number of benzene rings is 3. The normalized spacial score (nSPS) is 11.5. The Kier molecular flexibility index (Phi) is 5.13. The van der Waals surface area contributed by atoms with Gasteiger partial charge >= 0.3 is 5.97 Å². The van der Waals surface area contributed by atoms with Gasteiger partial charge in [0.05, 0.1) is 29.5 Å². The number of rotatable bonds is 5. The molecule has 0 spiro atoms. The molecule has 0 aliphatic carbocycles. The molecule has 0 aliphatic heterocycles. The molecule has 3 aromatic carbocycles. The Bertz CT molecular complexity index is 1490. The molecule has 0 unspecified atom stereocenters. The van der Waals surface area contributed by atoms with Crippen molar-refractivity contribution < 1.29 is 14.3 Å². The van der Waals surface area contributed by atoms with E-state index >= 15 is 0 Å². The summed E-state index contributed by atoms with van der Waals surface area (Å²) in [5.41, 5.74) is 6.16. The second-order valence-electron chi connectivity index (χ2n) is 8.50. The van der Waals surface area contributed by atoms with Crippen LogP contribution in [0.4, 0.5) is 4.39 Å². The van der Waals surface area contributed by atoms with Gasteiger partial charge in [0.2, 0.25) is 0 Å². The number of pyridine rings is 1. The molecule has 0 bridgehead atoms. The number of H-pyrrole nitrogens is 1. The topological polar surface area (TPSA) is 78.9 Å². The number of fused-ring (bicyclic) bond motifs is 2. The quantitative estimate of drug-likeness (QED) is 0.335. The Morgan fingerprint density at radius 1 is 1.00 bits per heavy atom. The van der Waals surface area contributed by atoms with E-state index in [9.17, 15) is 9.18 Å². The molecular weight excluding hydrogens is 417 g/mol. The van der Waals surface area contributed by atoms with Crippen LogP contribution in [0, 0.1) is 5.82 Å². The maximum atomic E-state index is 13.7. The zero-order chi connectivity index (χ0) is 23.1. The van der Waals surface area contributed by atoms with E-state index in [4.69, 9.17) is 10.1 Å². The largest absolute Gasteiger partial charge is 0.481 e. The average Bonchev–Trinajstić information content (AvgIpc) is 3.25. The summed E-state index contributed by atoms with van der Waals surface area (Å²) in [4.78, 5) is 16.2. The van der Waals surface area contributed by atoms with Gasteiger partial charge in [-0.3, -0.25) is 14.9 Å². The van der Waals surface area contributed by atoms with E-state index in [1.54, 1.807) is 18.3 Å². The molecule has 0 atom stereocenters. The summed E-state index contributed by atoms with van der Waals surface area (Å²) in [6.07, 6.45) is 1.77. The van der Waals surface area contributed by atoms with E-state index in [0.29, 0.717) is 0 Å². The number of aromatic amines is 1. The molecule has 0 saturated heterocycles. The Hall–Kier alpha value is -4.06. The Morgan fingerprint density at radius 3 is 2.36 bits per heavy atom. The number of nitrogens with one attached hydrogen (secondary N) is 1. The van der Waals surface area contributed by atoms with E-state index in [0.717, 1.165) is 55.3 Å². The summed E-state index contributed by atoms with van der Waals surface area (Å²) in [5.74, 6) is -1.02. The van der Waals surface area contributed by atoms with Gasteiger partial charge in [-0.1, -0.05) is 50.2 Å². The minimum absolute atomic E-state index is 0.0238. The lowest BCUT2D eigenvalue weighted by Gasteiger charge is -2.19. The van der Waals surface area contributed by atoms with Crippen LogP contribution in [-0.4, -0.2) is 26.3 Å². The zero-order valence-electron chi connectivity index (χ0n) is 18.3. The van der Waals surface area contributed by atoms with Crippen LogP contribution in [0.15, 0.2) is 66.9 Å². The summed E-state index contributed by atoms with van der Waals surface area (Å²) < 4.78 is 13.7. The van der Waals surface area contributed by atoms with Crippen LogP contribution in [0.25, 0.3) is 44.1 Å². The summed E-state index contributed by atoms with van der Waals surface area (Å²) in [6.45, 7) is 4.19. The van der Waals surface area contributed by atoms with Crippen LogP contribution in [-0.2, 0) is 11.2 Å². The third kappa shape index (κ3) is 3.84. The third-order valence-electron chi connectivity index (χ3n) is 5.85. The van der Waals surface area contributed by atoms with Crippen molar-refractivity contribution in [3.05, 3.63) is 83.9 Å². The summed E-state index contributed by atoms with van der Waals surface area (Å²) >= 11 is 0. The van der Waals surface area contributed by atoms with Gasteiger partial charge in [0.15, 0.2) is 0 Å². The Balaban J connectivity index is 1.82. The van der Waals surface area contributed by atoms with Crippen molar-refractivity contribution in [2.75, 3.05) is 0 Å². The molecule has 2 N–H and O–H groups in total. The summed E-state index contributed by atoms with van der Waals surface area (Å²) in [6, 6.07) is 18.1. The predicted molar refractivity (Wildman–Crippen MR) is 128 cm³/mol. The van der Waals surface area contributed by atoms with Crippen molar-refractivity contribution in [2.45, 2.75) is 26.2 Å². The molecule has 33 heavy (non-hydrogen) atoms. The molecule has 0 radical (unpaired) electrons. The van der Waals surface area contributed by atoms with E-state index in [1.165, 1.54) is 12.1 Å². The second kappa shape index (κ2) is 8.13. The number of carboxylic acids is 1. The molecule has 0 fully saturated rings. The number of halogens is 1. The number of carbonyl (C=O) groups is 1. The highest BCUT2D eigenvalue weighted by Gasteiger charge is 2.20. The first-order valence-electron chi connectivity index (χ1n) is 10.8. The highest BCUT2D eigenvalue weighted by molar-refractivity contribution is 6.09. The summed E-state index contributed by atoms with van der Waals surface area (Å²) in [7, 11) is 0. The molecule has 164 valence electrons. The average molecular weight is 439 g/mol. The van der Waals surface area contributed by atoms with Gasteiger partial charge in [0, 0.05) is 21.9 Å². The SMILES string of the molecule is CC(C)c1nc(-c2ccc(CC(=O)O)cc2)c2cc3[nH]ncc3cc2c1-c1ccc(F)cc1. The first-order valence-corrected chi connectivity index (χ1v) is 10.8. The molecule has 5 rings (SSSR count). The number of nitrogens with zero attached hydrogens (tertiary/aromatic N) is 2. The molecule has 5 nitrogen and oxygen atoms in total. The van der Waals surface area contributed by atoms with Crippen molar-refractivity contribution in [2.24, 2.45) is 0 Å². The predicted octanol–water partition coefficient (Wildman–Crippen LogP) is 6.33. The molecule has 2 heterocycles. The van der Waals surface area contributed by atoms with Crippen molar-refractivity contribution in [1.29, 1.82) is 0 Å². The molecule has 2 aromatic heterocycles. The lowest BCUT2D eigenvalue weighted by atomic mass is 9.89. The van der Waals surface area contributed by atoms with E-state index in [2.05, 4.69) is 30.1 Å². The van der Waals surface area contributed by atoms with Gasteiger partial charge in [0.1, 0.15) is 5.82 Å². The van der Waals surface area contributed by atoms with E-state index < -0.39 is 5.97 Å². The zero-order valence-corrected chi connectivity index (χ0v) is 18.3. The molecular formula is C27H22FN3O2. The number of aromatic nitrogens is 3.